The highest BCUT2D eigenvalue weighted by atomic mass is 32.2. The minimum absolute atomic E-state index is 0.311. The summed E-state index contributed by atoms with van der Waals surface area (Å²) in [6.45, 7) is 1.94. The van der Waals surface area contributed by atoms with E-state index < -0.39 is 23.1 Å². The number of amides is 3. The summed E-state index contributed by atoms with van der Waals surface area (Å²) in [5, 5.41) is 14.0. The van der Waals surface area contributed by atoms with Crippen LogP contribution in [-0.4, -0.2) is 17.2 Å². The molecule has 0 fully saturated rings. The minimum Gasteiger partial charge on any atom is -0.393 e. The van der Waals surface area contributed by atoms with E-state index in [1.54, 1.807) is 12.1 Å². The molecule has 0 aliphatic carbocycles. The molecule has 0 aromatic heterocycles. The number of nitriles is 1. The van der Waals surface area contributed by atoms with Gasteiger partial charge >= 0.3 is 6.03 Å². The SMILES string of the molecule is Cc1ccc(NC(=O)NC(=O)[C@H]2SC(N)=C(C#N)[C@@H]2c2ccccc2)cc1. The van der Waals surface area contributed by atoms with Gasteiger partial charge in [0, 0.05) is 11.6 Å². The molecule has 27 heavy (non-hydrogen) atoms. The van der Waals surface area contributed by atoms with Gasteiger partial charge in [0.1, 0.15) is 5.25 Å². The number of nitrogens with zero attached hydrogens (tertiary/aromatic N) is 1. The van der Waals surface area contributed by atoms with Crippen molar-refractivity contribution in [3.05, 3.63) is 76.3 Å². The molecule has 0 spiro atoms. The van der Waals surface area contributed by atoms with E-state index in [9.17, 15) is 14.9 Å². The molecule has 0 bridgehead atoms. The molecule has 3 rings (SSSR count). The Labute approximate surface area is 161 Å². The topological polar surface area (TPSA) is 108 Å². The van der Waals surface area contributed by atoms with Crippen LogP contribution >= 0.6 is 11.8 Å². The van der Waals surface area contributed by atoms with E-state index in [0.717, 1.165) is 22.9 Å². The third kappa shape index (κ3) is 4.13. The maximum absolute atomic E-state index is 12.7. The van der Waals surface area contributed by atoms with Gasteiger partial charge in [-0.3, -0.25) is 10.1 Å². The number of hydrogen-bond acceptors (Lipinski definition) is 5. The zero-order valence-electron chi connectivity index (χ0n) is 14.6. The second kappa shape index (κ2) is 7.98. The number of nitrogens with two attached hydrogens (primary N) is 1. The molecule has 136 valence electrons. The van der Waals surface area contributed by atoms with Gasteiger partial charge in [0.15, 0.2) is 0 Å². The number of hydrogen-bond donors (Lipinski definition) is 3. The average Bonchev–Trinajstić information content (AvgIpc) is 3.00. The Kier molecular flexibility index (Phi) is 5.48. The normalized spacial score (nSPS) is 18.7. The van der Waals surface area contributed by atoms with Gasteiger partial charge < -0.3 is 11.1 Å². The Balaban J connectivity index is 1.74. The smallest absolute Gasteiger partial charge is 0.325 e. The fourth-order valence-corrected chi connectivity index (χ4v) is 4.05. The zero-order chi connectivity index (χ0) is 19.4. The van der Waals surface area contributed by atoms with Crippen LogP contribution in [0, 0.1) is 18.3 Å². The largest absolute Gasteiger partial charge is 0.393 e. The number of nitrogens with one attached hydrogen (secondary N) is 2. The lowest BCUT2D eigenvalue weighted by molar-refractivity contribution is -0.119. The van der Waals surface area contributed by atoms with Crippen molar-refractivity contribution in [1.82, 2.24) is 5.32 Å². The Hall–Kier alpha value is -3.24. The number of aryl methyl sites for hydroxylation is 1. The Morgan fingerprint density at radius 2 is 1.78 bits per heavy atom. The van der Waals surface area contributed by atoms with Crippen molar-refractivity contribution in [2.75, 3.05) is 5.32 Å². The van der Waals surface area contributed by atoms with Crippen molar-refractivity contribution in [2.24, 2.45) is 5.73 Å². The van der Waals surface area contributed by atoms with E-state index in [-0.39, 0.29) is 0 Å². The average molecular weight is 378 g/mol. The molecular formula is C20H18N4O2S. The van der Waals surface area contributed by atoms with Gasteiger partial charge in [-0.05, 0) is 24.6 Å². The van der Waals surface area contributed by atoms with E-state index in [0.29, 0.717) is 16.3 Å². The summed E-state index contributed by atoms with van der Waals surface area (Å²) >= 11 is 1.10. The molecule has 1 heterocycles. The van der Waals surface area contributed by atoms with Gasteiger partial charge in [-0.15, -0.1) is 0 Å². The van der Waals surface area contributed by atoms with Gasteiger partial charge in [0.25, 0.3) is 0 Å². The number of imide groups is 1. The van der Waals surface area contributed by atoms with Crippen molar-refractivity contribution >= 4 is 29.4 Å². The van der Waals surface area contributed by atoms with Crippen LogP contribution in [0.15, 0.2) is 65.2 Å². The van der Waals surface area contributed by atoms with Crippen LogP contribution in [-0.2, 0) is 4.79 Å². The summed E-state index contributed by atoms with van der Waals surface area (Å²) in [5.74, 6) is -0.986. The van der Waals surface area contributed by atoms with E-state index in [1.807, 2.05) is 49.4 Å². The van der Waals surface area contributed by atoms with E-state index in [2.05, 4.69) is 16.7 Å². The van der Waals surface area contributed by atoms with E-state index in [4.69, 9.17) is 5.73 Å². The third-order valence-electron chi connectivity index (χ3n) is 4.22. The lowest BCUT2D eigenvalue weighted by atomic mass is 9.89. The monoisotopic (exact) mass is 378 g/mol. The van der Waals surface area contributed by atoms with Gasteiger partial charge in [-0.1, -0.05) is 59.8 Å². The summed E-state index contributed by atoms with van der Waals surface area (Å²) in [7, 11) is 0. The van der Waals surface area contributed by atoms with Crippen molar-refractivity contribution < 1.29 is 9.59 Å². The van der Waals surface area contributed by atoms with E-state index in [1.165, 1.54) is 0 Å². The molecule has 1 aliphatic rings. The lowest BCUT2D eigenvalue weighted by Gasteiger charge is -2.19. The number of thioether (sulfide) groups is 1. The van der Waals surface area contributed by atoms with Gasteiger partial charge in [-0.25, -0.2) is 4.79 Å². The second-order valence-corrected chi connectivity index (χ2v) is 7.31. The Morgan fingerprint density at radius 1 is 1.11 bits per heavy atom. The van der Waals surface area contributed by atoms with E-state index >= 15 is 0 Å². The first-order chi connectivity index (χ1) is 13.0. The standard InChI is InChI=1S/C20H18N4O2S/c1-12-7-9-14(10-8-12)23-20(26)24-19(25)17-16(13-5-3-2-4-6-13)15(11-21)18(22)27-17/h2-10,16-17H,22H2,1H3,(H2,23,24,25,26)/t16-,17-/m0/s1. The Bertz CT molecular complexity index is 933. The molecular weight excluding hydrogens is 360 g/mol. The predicted molar refractivity (Wildman–Crippen MR) is 106 cm³/mol. The molecule has 1 aliphatic heterocycles. The predicted octanol–water partition coefficient (Wildman–Crippen LogP) is 3.24. The number of anilines is 1. The molecule has 4 N–H and O–H groups in total. The first-order valence-corrected chi connectivity index (χ1v) is 9.17. The highest BCUT2D eigenvalue weighted by Crippen LogP contribution is 2.45. The molecule has 0 saturated heterocycles. The molecule has 2 aromatic rings. The van der Waals surface area contributed by atoms with Crippen LogP contribution < -0.4 is 16.4 Å². The zero-order valence-corrected chi connectivity index (χ0v) is 15.4. The molecule has 6 nitrogen and oxygen atoms in total. The van der Waals surface area contributed by atoms with Gasteiger partial charge in [0.05, 0.1) is 16.7 Å². The number of urea groups is 1. The van der Waals surface area contributed by atoms with Crippen LogP contribution in [0.5, 0.6) is 0 Å². The van der Waals surface area contributed by atoms with Crippen molar-refractivity contribution in [3.8, 4) is 6.07 Å². The van der Waals surface area contributed by atoms with Crippen LogP contribution in [0.1, 0.15) is 17.0 Å². The summed E-state index contributed by atoms with van der Waals surface area (Å²) in [6, 6.07) is 17.9. The fourth-order valence-electron chi connectivity index (χ4n) is 2.89. The summed E-state index contributed by atoms with van der Waals surface area (Å²) < 4.78 is 0. The molecule has 3 amide bonds. The molecule has 0 unspecified atom stereocenters. The number of allylic oxidation sites excluding steroid dienone is 1. The van der Waals surface area contributed by atoms with Gasteiger partial charge in [-0.2, -0.15) is 5.26 Å². The maximum Gasteiger partial charge on any atom is 0.325 e. The molecule has 7 heteroatoms. The number of benzene rings is 2. The van der Waals surface area contributed by atoms with Crippen molar-refractivity contribution in [1.29, 1.82) is 5.26 Å². The molecule has 0 saturated carbocycles. The van der Waals surface area contributed by atoms with Crippen molar-refractivity contribution in [3.63, 3.8) is 0 Å². The van der Waals surface area contributed by atoms with Crippen LogP contribution in [0.25, 0.3) is 0 Å². The quantitative estimate of drug-likeness (QED) is 0.760. The maximum atomic E-state index is 12.7. The van der Waals surface area contributed by atoms with Gasteiger partial charge in [0.2, 0.25) is 5.91 Å². The summed E-state index contributed by atoms with van der Waals surface area (Å²) in [5.41, 5.74) is 8.76. The summed E-state index contributed by atoms with van der Waals surface area (Å²) in [4.78, 5) is 24.9. The fraction of sp³-hybridized carbons (Fsp3) is 0.150. The second-order valence-electron chi connectivity index (χ2n) is 6.13. The lowest BCUT2D eigenvalue weighted by Crippen LogP contribution is -2.41. The number of carbonyl (C=O) groups excluding carboxylic acids is 2. The molecule has 0 radical (unpaired) electrons. The highest BCUT2D eigenvalue weighted by Gasteiger charge is 2.41. The molecule has 2 atom stereocenters. The first-order valence-electron chi connectivity index (χ1n) is 8.29. The van der Waals surface area contributed by atoms with Crippen LogP contribution in [0.2, 0.25) is 0 Å². The van der Waals surface area contributed by atoms with Crippen LogP contribution in [0.3, 0.4) is 0 Å². The number of carbonyl (C=O) groups is 2. The van der Waals surface area contributed by atoms with Crippen molar-refractivity contribution in [2.45, 2.75) is 18.1 Å². The minimum atomic E-state index is -0.689. The first kappa shape index (κ1) is 18.5. The Morgan fingerprint density at radius 3 is 2.41 bits per heavy atom. The summed E-state index contributed by atoms with van der Waals surface area (Å²) in [6.07, 6.45) is 0. The number of rotatable bonds is 3. The third-order valence-corrected chi connectivity index (χ3v) is 5.43. The van der Waals surface area contributed by atoms with Crippen LogP contribution in [0.4, 0.5) is 10.5 Å². The molecule has 2 aromatic carbocycles. The highest BCUT2D eigenvalue weighted by molar-refractivity contribution is 8.04.